The molecule has 7 nitrogen and oxygen atoms in total. The Morgan fingerprint density at radius 2 is 2.50 bits per heavy atom. The van der Waals surface area contributed by atoms with Gasteiger partial charge in [-0.15, -0.1) is 0 Å². The number of nitrogens with one attached hydrogen (secondary N) is 1. The Morgan fingerprint density at radius 1 is 1.64 bits per heavy atom. The van der Waals surface area contributed by atoms with Crippen LogP contribution in [-0.2, 0) is 0 Å². The third-order valence-corrected chi connectivity index (χ3v) is 1.84. The quantitative estimate of drug-likeness (QED) is 0.707. The van der Waals surface area contributed by atoms with Crippen molar-refractivity contribution < 1.29 is 4.52 Å². The minimum Gasteiger partial charge on any atom is -0.339 e. The van der Waals surface area contributed by atoms with E-state index < -0.39 is 0 Å². The van der Waals surface area contributed by atoms with E-state index in [4.69, 9.17) is 10.3 Å². The zero-order valence-corrected chi connectivity index (χ0v) is 7.64. The van der Waals surface area contributed by atoms with Gasteiger partial charge in [0.05, 0.1) is 0 Å². The number of hydrogen-bond acceptors (Lipinski definition) is 6. The summed E-state index contributed by atoms with van der Waals surface area (Å²) in [6, 6.07) is 0. The molecule has 74 valence electrons. The molecule has 2 heterocycles. The van der Waals surface area contributed by atoms with Crippen LogP contribution in [0.15, 0.2) is 10.9 Å². The van der Waals surface area contributed by atoms with Gasteiger partial charge >= 0.3 is 0 Å². The average Bonchev–Trinajstić information content (AvgIpc) is 2.86. The molecule has 0 bridgehead atoms. The third kappa shape index (κ3) is 1.49. The zero-order valence-electron chi connectivity index (χ0n) is 7.64. The van der Waals surface area contributed by atoms with Crippen molar-refractivity contribution in [3.63, 3.8) is 0 Å². The van der Waals surface area contributed by atoms with E-state index in [2.05, 4.69) is 25.3 Å². The average molecular weight is 194 g/mol. The highest BCUT2D eigenvalue weighted by atomic mass is 16.5. The van der Waals surface area contributed by atoms with Crippen molar-refractivity contribution in [2.45, 2.75) is 12.8 Å². The van der Waals surface area contributed by atoms with Crippen LogP contribution in [0, 0.1) is 0 Å². The lowest BCUT2D eigenvalue weighted by Crippen LogP contribution is -2.08. The molecule has 0 aliphatic rings. The second-order valence-electron chi connectivity index (χ2n) is 2.93. The molecule has 0 aromatic carbocycles. The van der Waals surface area contributed by atoms with Crippen LogP contribution in [0.4, 0.5) is 0 Å². The lowest BCUT2D eigenvalue weighted by molar-refractivity contribution is 0.361. The maximum atomic E-state index is 5.47. The number of aromatic amines is 1. The van der Waals surface area contributed by atoms with Crippen molar-refractivity contribution in [1.29, 1.82) is 0 Å². The van der Waals surface area contributed by atoms with E-state index in [1.807, 2.05) is 6.92 Å². The van der Waals surface area contributed by atoms with Crippen LogP contribution in [0.3, 0.4) is 0 Å². The number of nitrogens with zero attached hydrogens (tertiary/aromatic N) is 4. The van der Waals surface area contributed by atoms with Crippen LogP contribution in [0.1, 0.15) is 18.7 Å². The SMILES string of the molecule is CC(CN)c1nc(-c2ncn[nH]2)no1. The molecular weight excluding hydrogens is 184 g/mol. The maximum absolute atomic E-state index is 5.47. The van der Waals surface area contributed by atoms with E-state index in [1.54, 1.807) is 0 Å². The van der Waals surface area contributed by atoms with Gasteiger partial charge in [0, 0.05) is 12.5 Å². The molecule has 2 aromatic rings. The summed E-state index contributed by atoms with van der Waals surface area (Å²) in [6.07, 6.45) is 1.39. The molecule has 2 aromatic heterocycles. The molecule has 1 unspecified atom stereocenters. The van der Waals surface area contributed by atoms with E-state index in [0.717, 1.165) is 0 Å². The van der Waals surface area contributed by atoms with E-state index in [0.29, 0.717) is 24.1 Å². The first kappa shape index (κ1) is 8.82. The van der Waals surface area contributed by atoms with Crippen molar-refractivity contribution >= 4 is 0 Å². The predicted octanol–water partition coefficient (Wildman–Crippen LogP) is -0.0831. The predicted molar refractivity (Wildman–Crippen MR) is 47.1 cm³/mol. The van der Waals surface area contributed by atoms with Crippen LogP contribution in [0.25, 0.3) is 11.6 Å². The Balaban J connectivity index is 2.26. The summed E-state index contributed by atoms with van der Waals surface area (Å²) in [5.41, 5.74) is 5.47. The summed E-state index contributed by atoms with van der Waals surface area (Å²) in [6.45, 7) is 2.38. The maximum Gasteiger partial charge on any atom is 0.239 e. The summed E-state index contributed by atoms with van der Waals surface area (Å²) < 4.78 is 5.01. The molecule has 1 atom stereocenters. The van der Waals surface area contributed by atoms with Crippen molar-refractivity contribution in [2.24, 2.45) is 5.73 Å². The van der Waals surface area contributed by atoms with Crippen molar-refractivity contribution in [3.05, 3.63) is 12.2 Å². The van der Waals surface area contributed by atoms with Gasteiger partial charge in [-0.2, -0.15) is 10.1 Å². The van der Waals surface area contributed by atoms with E-state index in [1.165, 1.54) is 6.33 Å². The second kappa shape index (κ2) is 3.54. The van der Waals surface area contributed by atoms with Crippen LogP contribution >= 0.6 is 0 Å². The monoisotopic (exact) mass is 194 g/mol. The van der Waals surface area contributed by atoms with Crippen molar-refractivity contribution in [2.75, 3.05) is 6.54 Å². The van der Waals surface area contributed by atoms with Gasteiger partial charge in [0.1, 0.15) is 6.33 Å². The smallest absolute Gasteiger partial charge is 0.239 e. The molecular formula is C7H10N6O. The summed E-state index contributed by atoms with van der Waals surface area (Å²) in [4.78, 5) is 8.03. The zero-order chi connectivity index (χ0) is 9.97. The number of H-pyrrole nitrogens is 1. The largest absolute Gasteiger partial charge is 0.339 e. The summed E-state index contributed by atoms with van der Waals surface area (Å²) in [7, 11) is 0. The van der Waals surface area contributed by atoms with Gasteiger partial charge < -0.3 is 10.3 Å². The molecule has 0 amide bonds. The van der Waals surface area contributed by atoms with Gasteiger partial charge in [-0.1, -0.05) is 12.1 Å². The van der Waals surface area contributed by atoms with Gasteiger partial charge in [0.15, 0.2) is 5.82 Å². The molecule has 2 rings (SSSR count). The summed E-state index contributed by atoms with van der Waals surface area (Å²) >= 11 is 0. The molecule has 0 radical (unpaired) electrons. The Morgan fingerprint density at radius 3 is 3.14 bits per heavy atom. The van der Waals surface area contributed by atoms with Gasteiger partial charge in [-0.3, -0.25) is 5.10 Å². The second-order valence-corrected chi connectivity index (χ2v) is 2.93. The molecule has 0 fully saturated rings. The molecule has 0 aliphatic carbocycles. The van der Waals surface area contributed by atoms with Crippen LogP contribution in [0.2, 0.25) is 0 Å². The Hall–Kier alpha value is -1.76. The fourth-order valence-electron chi connectivity index (χ4n) is 0.946. The van der Waals surface area contributed by atoms with Gasteiger partial charge in [0.25, 0.3) is 0 Å². The topological polar surface area (TPSA) is 107 Å². The minimum atomic E-state index is 0.0548. The number of rotatable bonds is 3. The fourth-order valence-corrected chi connectivity index (χ4v) is 0.946. The third-order valence-electron chi connectivity index (χ3n) is 1.84. The normalized spacial score (nSPS) is 13.0. The van der Waals surface area contributed by atoms with E-state index in [-0.39, 0.29) is 5.92 Å². The molecule has 0 saturated carbocycles. The first-order valence-electron chi connectivity index (χ1n) is 4.20. The lowest BCUT2D eigenvalue weighted by Gasteiger charge is -1.98. The number of aromatic nitrogens is 5. The van der Waals surface area contributed by atoms with Crippen LogP contribution in [0.5, 0.6) is 0 Å². The first-order valence-corrected chi connectivity index (χ1v) is 4.20. The Kier molecular flexibility index (Phi) is 2.23. The van der Waals surface area contributed by atoms with Gasteiger partial charge in [-0.05, 0) is 0 Å². The van der Waals surface area contributed by atoms with Crippen molar-refractivity contribution in [3.8, 4) is 11.6 Å². The van der Waals surface area contributed by atoms with E-state index >= 15 is 0 Å². The van der Waals surface area contributed by atoms with Gasteiger partial charge in [-0.25, -0.2) is 4.98 Å². The lowest BCUT2D eigenvalue weighted by atomic mass is 10.2. The Labute approximate surface area is 79.7 Å². The molecule has 0 saturated heterocycles. The molecule has 0 spiro atoms. The highest BCUT2D eigenvalue weighted by Gasteiger charge is 2.14. The fraction of sp³-hybridized carbons (Fsp3) is 0.429. The first-order chi connectivity index (χ1) is 6.81. The highest BCUT2D eigenvalue weighted by Crippen LogP contribution is 2.14. The summed E-state index contributed by atoms with van der Waals surface area (Å²) in [5.74, 6) is 1.46. The van der Waals surface area contributed by atoms with E-state index in [9.17, 15) is 0 Å². The molecule has 14 heavy (non-hydrogen) atoms. The number of hydrogen-bond donors (Lipinski definition) is 2. The van der Waals surface area contributed by atoms with Gasteiger partial charge in [0.2, 0.25) is 11.7 Å². The minimum absolute atomic E-state index is 0.0548. The molecule has 7 heteroatoms. The summed E-state index contributed by atoms with van der Waals surface area (Å²) in [5, 5.41) is 10.1. The Bertz CT molecular complexity index is 394. The molecule has 3 N–H and O–H groups in total. The standard InChI is InChI=1S/C7H10N6O/c1-4(2-8)7-11-6(13-14-7)5-9-3-10-12-5/h3-4H,2,8H2,1H3,(H,9,10,12). The number of nitrogens with two attached hydrogens (primary N) is 1. The van der Waals surface area contributed by atoms with Crippen LogP contribution < -0.4 is 5.73 Å². The highest BCUT2D eigenvalue weighted by molar-refractivity contribution is 5.39. The molecule has 0 aliphatic heterocycles. The van der Waals surface area contributed by atoms with Crippen LogP contribution in [-0.4, -0.2) is 31.9 Å². The van der Waals surface area contributed by atoms with Crippen molar-refractivity contribution in [1.82, 2.24) is 25.3 Å².